The van der Waals surface area contributed by atoms with Crippen LogP contribution in [-0.2, 0) is 10.2 Å². The maximum Gasteiger partial charge on any atom is 0.221 e. The third-order valence-corrected chi connectivity index (χ3v) is 3.91. The van der Waals surface area contributed by atoms with Gasteiger partial charge in [0.25, 0.3) is 0 Å². The molecular weight excluding hydrogens is 224 g/mol. The fourth-order valence-corrected chi connectivity index (χ4v) is 2.67. The third kappa shape index (κ3) is 1.84. The Bertz CT molecular complexity index is 541. The number of hydrogen-bond donors (Lipinski definition) is 1. The van der Waals surface area contributed by atoms with Crippen molar-refractivity contribution < 1.29 is 9.37 Å². The highest BCUT2D eigenvalue weighted by atomic mass is 16.1. The minimum atomic E-state index is -0.0289. The van der Waals surface area contributed by atoms with Gasteiger partial charge >= 0.3 is 0 Å². The quantitative estimate of drug-likeness (QED) is 0.798. The summed E-state index contributed by atoms with van der Waals surface area (Å²) in [7, 11) is 0. The van der Waals surface area contributed by atoms with Crippen molar-refractivity contribution in [2.45, 2.75) is 40.0 Å². The molecule has 1 aromatic rings. The van der Waals surface area contributed by atoms with Gasteiger partial charge in [0.1, 0.15) is 6.54 Å². The molecule has 2 rings (SSSR count). The fourth-order valence-electron chi connectivity index (χ4n) is 2.67. The van der Waals surface area contributed by atoms with Crippen LogP contribution in [0.1, 0.15) is 40.2 Å². The topological polar surface area (TPSA) is 32.1 Å². The highest BCUT2D eigenvalue weighted by Gasteiger charge is 2.42. The average molecular weight is 245 g/mol. The van der Waals surface area contributed by atoms with Crippen LogP contribution in [0.15, 0.2) is 18.2 Å². The summed E-state index contributed by atoms with van der Waals surface area (Å²) in [6, 6.07) is 6.16. The number of fused-ring (bicyclic) bond motifs is 1. The molecule has 0 unspecified atom stereocenters. The zero-order chi connectivity index (χ0) is 13.5. The van der Waals surface area contributed by atoms with Crippen LogP contribution in [0.4, 0.5) is 11.4 Å². The molecule has 0 aromatic heterocycles. The maximum absolute atomic E-state index is 11.1. The highest BCUT2D eigenvalue weighted by molar-refractivity contribution is 5.95. The van der Waals surface area contributed by atoms with Crippen LogP contribution in [0, 0.1) is 0 Å². The van der Waals surface area contributed by atoms with Gasteiger partial charge in [-0.1, -0.05) is 0 Å². The van der Waals surface area contributed by atoms with E-state index in [-0.39, 0.29) is 11.3 Å². The minimum Gasteiger partial charge on any atom is -0.326 e. The van der Waals surface area contributed by atoms with Gasteiger partial charge in [-0.05, 0) is 32.9 Å². The van der Waals surface area contributed by atoms with E-state index < -0.39 is 0 Å². The molecule has 1 amide bonds. The summed E-state index contributed by atoms with van der Waals surface area (Å²) in [5.74, 6) is -0.0289. The summed E-state index contributed by atoms with van der Waals surface area (Å²) < 4.78 is 2.34. The normalized spacial score (nSPS) is 16.7. The predicted octanol–water partition coefficient (Wildman–Crippen LogP) is 3.06. The Labute approximate surface area is 109 Å². The third-order valence-electron chi connectivity index (χ3n) is 3.91. The smallest absolute Gasteiger partial charge is 0.221 e. The molecule has 0 saturated heterocycles. The molecule has 1 aliphatic heterocycles. The van der Waals surface area contributed by atoms with Crippen LogP contribution < -0.4 is 5.32 Å². The van der Waals surface area contributed by atoms with Gasteiger partial charge in [0.15, 0.2) is 5.71 Å². The van der Waals surface area contributed by atoms with Crippen LogP contribution >= 0.6 is 0 Å². The Morgan fingerprint density at radius 1 is 1.39 bits per heavy atom. The van der Waals surface area contributed by atoms with Gasteiger partial charge in [0.2, 0.25) is 11.6 Å². The van der Waals surface area contributed by atoms with E-state index in [0.29, 0.717) is 0 Å². The maximum atomic E-state index is 11.1. The number of carbonyl (C=O) groups excluding carboxylic acids is 1. The molecule has 3 nitrogen and oxygen atoms in total. The lowest BCUT2D eigenvalue weighted by atomic mass is 9.82. The first-order valence-corrected chi connectivity index (χ1v) is 6.41. The Balaban J connectivity index is 2.53. The van der Waals surface area contributed by atoms with Crippen LogP contribution in [0.25, 0.3) is 0 Å². The Morgan fingerprint density at radius 3 is 2.61 bits per heavy atom. The van der Waals surface area contributed by atoms with Crippen LogP contribution in [0.5, 0.6) is 0 Å². The van der Waals surface area contributed by atoms with Crippen molar-refractivity contribution in [1.82, 2.24) is 0 Å². The number of hydrogen-bond acceptors (Lipinski definition) is 1. The van der Waals surface area contributed by atoms with E-state index in [1.165, 1.54) is 23.9 Å². The lowest BCUT2D eigenvalue weighted by Crippen LogP contribution is -2.26. The van der Waals surface area contributed by atoms with Gasteiger partial charge < -0.3 is 5.32 Å². The number of amides is 1. The van der Waals surface area contributed by atoms with Crippen LogP contribution in [-0.4, -0.2) is 22.7 Å². The van der Waals surface area contributed by atoms with E-state index in [0.717, 1.165) is 12.2 Å². The molecule has 1 aliphatic rings. The number of carbonyl (C=O) groups is 1. The molecule has 18 heavy (non-hydrogen) atoms. The second-order valence-electron chi connectivity index (χ2n) is 5.37. The second-order valence-corrected chi connectivity index (χ2v) is 5.37. The molecule has 0 spiro atoms. The average Bonchev–Trinajstić information content (AvgIpc) is 2.47. The standard InChI is InChI=1S/C15H20N2O/c1-6-17-10(2)15(4,5)13-9-12(16-11(3)18)7-8-14(13)17/h7-9H,6H2,1-5H3/p+1. The summed E-state index contributed by atoms with van der Waals surface area (Å²) >= 11 is 0. The molecule has 1 heterocycles. The van der Waals surface area contributed by atoms with Crippen molar-refractivity contribution in [2.75, 3.05) is 11.9 Å². The predicted molar refractivity (Wildman–Crippen MR) is 74.9 cm³/mol. The molecule has 1 N–H and O–H groups in total. The molecule has 0 fully saturated rings. The lowest BCUT2D eigenvalue weighted by Gasteiger charge is -2.15. The van der Waals surface area contributed by atoms with Gasteiger partial charge in [-0.2, -0.15) is 4.58 Å². The Kier molecular flexibility index (Phi) is 3.01. The zero-order valence-electron chi connectivity index (χ0n) is 11.8. The molecule has 3 heteroatoms. The molecule has 0 aliphatic carbocycles. The highest BCUT2D eigenvalue weighted by Crippen LogP contribution is 2.40. The number of nitrogens with zero attached hydrogens (tertiary/aromatic N) is 1. The first kappa shape index (κ1) is 12.8. The molecule has 0 bridgehead atoms. The van der Waals surface area contributed by atoms with Crippen LogP contribution in [0.2, 0.25) is 0 Å². The summed E-state index contributed by atoms with van der Waals surface area (Å²) in [5.41, 5.74) is 4.81. The van der Waals surface area contributed by atoms with Gasteiger partial charge in [-0.25, -0.2) is 0 Å². The molecule has 96 valence electrons. The van der Waals surface area contributed by atoms with E-state index in [1.54, 1.807) is 0 Å². The molecular formula is C15H21N2O+. The molecule has 0 radical (unpaired) electrons. The van der Waals surface area contributed by atoms with Crippen molar-refractivity contribution in [1.29, 1.82) is 0 Å². The van der Waals surface area contributed by atoms with Gasteiger partial charge in [0, 0.05) is 31.2 Å². The van der Waals surface area contributed by atoms with E-state index in [4.69, 9.17) is 0 Å². The van der Waals surface area contributed by atoms with Crippen molar-refractivity contribution in [2.24, 2.45) is 0 Å². The number of rotatable bonds is 2. The summed E-state index contributed by atoms with van der Waals surface area (Å²) in [5, 5.41) is 2.85. The van der Waals surface area contributed by atoms with Crippen molar-refractivity contribution in [3.63, 3.8) is 0 Å². The number of anilines is 1. The van der Waals surface area contributed by atoms with Crippen molar-refractivity contribution in [3.8, 4) is 0 Å². The summed E-state index contributed by atoms with van der Waals surface area (Å²) in [6.45, 7) is 11.3. The summed E-state index contributed by atoms with van der Waals surface area (Å²) in [4.78, 5) is 11.1. The Morgan fingerprint density at radius 2 is 2.06 bits per heavy atom. The van der Waals surface area contributed by atoms with E-state index in [1.807, 2.05) is 6.07 Å². The zero-order valence-corrected chi connectivity index (χ0v) is 11.8. The van der Waals surface area contributed by atoms with Crippen molar-refractivity contribution in [3.05, 3.63) is 23.8 Å². The van der Waals surface area contributed by atoms with Crippen molar-refractivity contribution >= 4 is 23.0 Å². The van der Waals surface area contributed by atoms with E-state index in [9.17, 15) is 4.79 Å². The van der Waals surface area contributed by atoms with Gasteiger partial charge in [-0.3, -0.25) is 4.79 Å². The first-order chi connectivity index (χ1) is 8.37. The monoisotopic (exact) mass is 245 g/mol. The van der Waals surface area contributed by atoms with Gasteiger partial charge in [0.05, 0.1) is 5.41 Å². The number of benzene rings is 1. The van der Waals surface area contributed by atoms with E-state index >= 15 is 0 Å². The van der Waals surface area contributed by atoms with E-state index in [2.05, 4.69) is 49.7 Å². The minimum absolute atomic E-state index is 0.0276. The largest absolute Gasteiger partial charge is 0.326 e. The Hall–Kier alpha value is -1.64. The lowest BCUT2D eigenvalue weighted by molar-refractivity contribution is -0.434. The SMILES string of the molecule is CC[N+]1=C(C)C(C)(C)c2cc(NC(C)=O)ccc21. The second kappa shape index (κ2) is 4.23. The fraction of sp³-hybridized carbons (Fsp3) is 0.467. The molecule has 1 aromatic carbocycles. The first-order valence-electron chi connectivity index (χ1n) is 6.41. The number of nitrogens with one attached hydrogen (secondary N) is 1. The summed E-state index contributed by atoms with van der Waals surface area (Å²) in [6.07, 6.45) is 0. The van der Waals surface area contributed by atoms with Gasteiger partial charge in [-0.15, -0.1) is 0 Å². The molecule has 0 saturated carbocycles. The van der Waals surface area contributed by atoms with Crippen LogP contribution in [0.3, 0.4) is 0 Å². The molecule has 0 atom stereocenters.